The molecule has 2 N–H and O–H groups in total. The van der Waals surface area contributed by atoms with Crippen LogP contribution in [-0.2, 0) is 24.8 Å². The van der Waals surface area contributed by atoms with E-state index in [1.807, 2.05) is 0 Å². The van der Waals surface area contributed by atoms with E-state index in [0.717, 1.165) is 0 Å². The Labute approximate surface area is 200 Å². The number of hydrogen-bond acceptors (Lipinski definition) is 7. The molecule has 10 nitrogen and oxygen atoms in total. The molecule has 1 amide bonds. The third kappa shape index (κ3) is 5.35. The number of benzene rings is 2. The largest absolute Gasteiger partial charge is 0.497 e. The van der Waals surface area contributed by atoms with Crippen LogP contribution in [0.15, 0.2) is 46.2 Å². The van der Waals surface area contributed by atoms with Gasteiger partial charge in [-0.25, -0.2) is 21.6 Å². The van der Waals surface area contributed by atoms with E-state index < -0.39 is 26.0 Å². The predicted molar refractivity (Wildman–Crippen MR) is 127 cm³/mol. The normalized spacial score (nSPS) is 15.6. The maximum atomic E-state index is 13.2. The average Bonchev–Trinajstić information content (AvgIpc) is 2.84. The van der Waals surface area contributed by atoms with Gasteiger partial charge < -0.3 is 14.8 Å². The van der Waals surface area contributed by atoms with Crippen molar-refractivity contribution < 1.29 is 31.1 Å². The number of carbonyl (C=O) groups excluding carboxylic acids is 1. The van der Waals surface area contributed by atoms with Crippen LogP contribution in [-0.4, -0.2) is 61.4 Å². The lowest BCUT2D eigenvalue weighted by Crippen LogP contribution is -2.41. The molecule has 1 fully saturated rings. The molecule has 1 heterocycles. The van der Waals surface area contributed by atoms with E-state index in [4.69, 9.17) is 9.47 Å². The highest BCUT2D eigenvalue weighted by Gasteiger charge is 2.34. The summed E-state index contributed by atoms with van der Waals surface area (Å²) in [5, 5.41) is 2.80. The maximum Gasteiger partial charge on any atom is 0.246 e. The van der Waals surface area contributed by atoms with Crippen LogP contribution in [0.2, 0.25) is 0 Å². The Hall–Kier alpha value is -2.67. The van der Waals surface area contributed by atoms with E-state index in [1.54, 1.807) is 19.1 Å². The molecule has 2 aromatic rings. The molecule has 0 spiro atoms. The number of methoxy groups -OCH3 is 2. The molecule has 2 aromatic carbocycles. The molecule has 34 heavy (non-hydrogen) atoms. The summed E-state index contributed by atoms with van der Waals surface area (Å²) in [5.74, 6) is -0.0835. The monoisotopic (exact) mass is 511 g/mol. The van der Waals surface area contributed by atoms with Gasteiger partial charge in [-0.3, -0.25) is 4.79 Å². The molecule has 0 aliphatic carbocycles. The molecule has 1 saturated heterocycles. The van der Waals surface area contributed by atoms with Gasteiger partial charge in [-0.1, -0.05) is 6.07 Å². The quantitative estimate of drug-likeness (QED) is 0.554. The number of aryl methyl sites for hydroxylation is 1. The zero-order valence-corrected chi connectivity index (χ0v) is 21.1. The molecule has 0 unspecified atom stereocenters. The fourth-order valence-electron chi connectivity index (χ4n) is 3.74. The van der Waals surface area contributed by atoms with Crippen LogP contribution in [0, 0.1) is 12.8 Å². The second-order valence-corrected chi connectivity index (χ2v) is 11.7. The molecule has 0 bridgehead atoms. The van der Waals surface area contributed by atoms with Crippen molar-refractivity contribution in [1.29, 1.82) is 0 Å². The van der Waals surface area contributed by atoms with Gasteiger partial charge in [0.15, 0.2) is 0 Å². The molecular formula is C22H29N3O7S2. The Morgan fingerprint density at radius 2 is 1.68 bits per heavy atom. The van der Waals surface area contributed by atoms with Crippen LogP contribution in [0.25, 0.3) is 0 Å². The standard InChI is InChI=1S/C22H29N3O7S2/c1-15-5-7-18(33(27,28)23-2)14-19(15)24-22(26)16-9-11-25(12-10-16)34(29,30)21-13-17(31-3)6-8-20(21)32-4/h5-8,13-14,16,23H,9-12H2,1-4H3,(H,24,26). The number of nitrogens with zero attached hydrogens (tertiary/aromatic N) is 1. The lowest BCUT2D eigenvalue weighted by molar-refractivity contribution is -0.120. The van der Waals surface area contributed by atoms with E-state index in [2.05, 4.69) is 10.0 Å². The first-order chi connectivity index (χ1) is 16.0. The van der Waals surface area contributed by atoms with Crippen molar-refractivity contribution in [2.45, 2.75) is 29.6 Å². The van der Waals surface area contributed by atoms with Gasteiger partial charge in [0, 0.05) is 30.8 Å². The van der Waals surface area contributed by atoms with Crippen molar-refractivity contribution in [3.63, 3.8) is 0 Å². The lowest BCUT2D eigenvalue weighted by Gasteiger charge is -2.31. The zero-order valence-electron chi connectivity index (χ0n) is 19.5. The van der Waals surface area contributed by atoms with Crippen molar-refractivity contribution in [2.75, 3.05) is 39.7 Å². The number of nitrogens with one attached hydrogen (secondary N) is 2. The Balaban J connectivity index is 1.72. The van der Waals surface area contributed by atoms with Gasteiger partial charge in [0.1, 0.15) is 16.4 Å². The second kappa shape index (κ2) is 10.3. The highest BCUT2D eigenvalue weighted by Crippen LogP contribution is 2.33. The molecule has 0 saturated carbocycles. The van der Waals surface area contributed by atoms with Gasteiger partial charge in [-0.15, -0.1) is 0 Å². The summed E-state index contributed by atoms with van der Waals surface area (Å²) in [7, 11) is -3.34. The molecule has 186 valence electrons. The minimum absolute atomic E-state index is 0.00966. The number of hydrogen-bond donors (Lipinski definition) is 2. The minimum Gasteiger partial charge on any atom is -0.497 e. The Morgan fingerprint density at radius 3 is 2.26 bits per heavy atom. The molecule has 0 radical (unpaired) electrons. The van der Waals surface area contributed by atoms with Crippen LogP contribution in [0.1, 0.15) is 18.4 Å². The molecule has 3 rings (SSSR count). The van der Waals surface area contributed by atoms with Crippen molar-refractivity contribution in [1.82, 2.24) is 9.03 Å². The van der Waals surface area contributed by atoms with Gasteiger partial charge in [-0.05, 0) is 56.6 Å². The Morgan fingerprint density at radius 1 is 1.00 bits per heavy atom. The Kier molecular flexibility index (Phi) is 7.86. The van der Waals surface area contributed by atoms with Crippen LogP contribution >= 0.6 is 0 Å². The molecular weight excluding hydrogens is 482 g/mol. The molecule has 1 aliphatic rings. The van der Waals surface area contributed by atoms with Gasteiger partial charge in [0.05, 0.1) is 19.1 Å². The van der Waals surface area contributed by atoms with E-state index in [1.165, 1.54) is 49.8 Å². The van der Waals surface area contributed by atoms with Crippen LogP contribution < -0.4 is 19.5 Å². The molecule has 12 heteroatoms. The summed E-state index contributed by atoms with van der Waals surface area (Å²) in [6.07, 6.45) is 0.649. The first kappa shape index (κ1) is 25.9. The van der Waals surface area contributed by atoms with Crippen molar-refractivity contribution in [2.24, 2.45) is 5.92 Å². The number of sulfonamides is 2. The van der Waals surface area contributed by atoms with Crippen molar-refractivity contribution >= 4 is 31.6 Å². The first-order valence-electron chi connectivity index (χ1n) is 10.6. The van der Waals surface area contributed by atoms with Gasteiger partial charge in [0.2, 0.25) is 26.0 Å². The van der Waals surface area contributed by atoms with Crippen molar-refractivity contribution in [3.05, 3.63) is 42.0 Å². The topological polar surface area (TPSA) is 131 Å². The number of ether oxygens (including phenoxy) is 2. The number of piperidine rings is 1. The fourth-order valence-corrected chi connectivity index (χ4v) is 6.13. The summed E-state index contributed by atoms with van der Waals surface area (Å²) in [5.41, 5.74) is 1.12. The van der Waals surface area contributed by atoms with E-state index in [-0.39, 0.29) is 34.5 Å². The van der Waals surface area contributed by atoms with Gasteiger partial charge in [-0.2, -0.15) is 4.31 Å². The smallest absolute Gasteiger partial charge is 0.246 e. The third-order valence-corrected chi connectivity index (χ3v) is 9.19. The number of amides is 1. The van der Waals surface area contributed by atoms with Crippen LogP contribution in [0.5, 0.6) is 11.5 Å². The summed E-state index contributed by atoms with van der Waals surface area (Å²) >= 11 is 0. The van der Waals surface area contributed by atoms with E-state index in [9.17, 15) is 21.6 Å². The summed E-state index contributed by atoms with van der Waals surface area (Å²) in [6, 6.07) is 9.07. The summed E-state index contributed by atoms with van der Waals surface area (Å²) < 4.78 is 64.6. The average molecular weight is 512 g/mol. The fraction of sp³-hybridized carbons (Fsp3) is 0.409. The molecule has 0 aromatic heterocycles. The molecule has 0 atom stereocenters. The van der Waals surface area contributed by atoms with Crippen LogP contribution in [0.3, 0.4) is 0 Å². The van der Waals surface area contributed by atoms with Gasteiger partial charge >= 0.3 is 0 Å². The first-order valence-corrected chi connectivity index (χ1v) is 13.5. The lowest BCUT2D eigenvalue weighted by atomic mass is 9.97. The van der Waals surface area contributed by atoms with E-state index >= 15 is 0 Å². The van der Waals surface area contributed by atoms with Gasteiger partial charge in [0.25, 0.3) is 0 Å². The number of rotatable bonds is 8. The van der Waals surface area contributed by atoms with E-state index in [0.29, 0.717) is 29.8 Å². The zero-order chi connectivity index (χ0) is 25.1. The second-order valence-electron chi connectivity index (χ2n) is 7.87. The SMILES string of the molecule is CNS(=O)(=O)c1ccc(C)c(NC(=O)C2CCN(S(=O)(=O)c3cc(OC)ccc3OC)CC2)c1. The van der Waals surface area contributed by atoms with Crippen molar-refractivity contribution in [3.8, 4) is 11.5 Å². The minimum atomic E-state index is -3.85. The Bertz CT molecular complexity index is 1270. The molecule has 1 aliphatic heterocycles. The summed E-state index contributed by atoms with van der Waals surface area (Å²) in [6.45, 7) is 2.09. The number of anilines is 1. The van der Waals surface area contributed by atoms with Crippen LogP contribution in [0.4, 0.5) is 5.69 Å². The highest BCUT2D eigenvalue weighted by atomic mass is 32.2. The number of carbonyl (C=O) groups is 1. The maximum absolute atomic E-state index is 13.2. The third-order valence-electron chi connectivity index (χ3n) is 5.86. The predicted octanol–water partition coefficient (Wildman–Crippen LogP) is 1.96. The summed E-state index contributed by atoms with van der Waals surface area (Å²) in [4.78, 5) is 12.9. The highest BCUT2D eigenvalue weighted by molar-refractivity contribution is 7.89.